The van der Waals surface area contributed by atoms with Crippen LogP contribution in [0.15, 0.2) is 0 Å². The van der Waals surface area contributed by atoms with Gasteiger partial charge >= 0.3 is 0 Å². The summed E-state index contributed by atoms with van der Waals surface area (Å²) in [5.41, 5.74) is 0. The van der Waals surface area contributed by atoms with Crippen LogP contribution in [-0.2, 0) is 0 Å². The van der Waals surface area contributed by atoms with Crippen LogP contribution in [0.2, 0.25) is 0 Å². The number of nitrogens with zero attached hydrogens (tertiary/aromatic N) is 10. The summed E-state index contributed by atoms with van der Waals surface area (Å²) in [6, 6.07) is 7.42. The van der Waals surface area contributed by atoms with Crippen molar-refractivity contribution in [3.05, 3.63) is 0 Å². The number of piperazine rings is 3. The lowest BCUT2D eigenvalue weighted by Crippen LogP contribution is -2.54. The van der Waals surface area contributed by atoms with Crippen LogP contribution in [0, 0.1) is 0 Å². The Labute approximate surface area is 356 Å². The molecular weight excluding hydrogens is 709 g/mol. The van der Waals surface area contributed by atoms with Crippen LogP contribution in [0.1, 0.15) is 102 Å². The number of likely N-dealkylation sites (N-methyl/N-ethyl adjacent to an activating group) is 4. The Hall–Kier alpha value is -0.440. The van der Waals surface area contributed by atoms with Gasteiger partial charge in [-0.3, -0.25) is 29.4 Å². The molecule has 11 nitrogen and oxygen atoms in total. The van der Waals surface area contributed by atoms with Gasteiger partial charge in [0, 0.05) is 146 Å². The molecule has 6 aliphatic rings. The molecule has 6 fully saturated rings. The summed E-state index contributed by atoms with van der Waals surface area (Å²) in [7, 11) is 11.0. The van der Waals surface area contributed by atoms with Gasteiger partial charge in [-0.25, -0.2) is 0 Å². The second-order valence-corrected chi connectivity index (χ2v) is 20.2. The molecule has 5 atom stereocenters. The summed E-state index contributed by atoms with van der Waals surface area (Å²) in [4.78, 5) is 24.8. The van der Waals surface area contributed by atoms with Gasteiger partial charge in [0.25, 0.3) is 0 Å². The van der Waals surface area contributed by atoms with Crippen LogP contribution >= 0.6 is 0 Å². The predicted octanol–water partition coefficient (Wildman–Crippen LogP) is 4.27. The Morgan fingerprint density at radius 3 is 1.51 bits per heavy atom. The van der Waals surface area contributed by atoms with Crippen molar-refractivity contribution in [3.63, 3.8) is 0 Å². The van der Waals surface area contributed by atoms with Gasteiger partial charge in [-0.15, -0.1) is 0 Å². The van der Waals surface area contributed by atoms with Crippen LogP contribution in [0.5, 0.6) is 0 Å². The van der Waals surface area contributed by atoms with Crippen LogP contribution in [0.3, 0.4) is 0 Å². The van der Waals surface area contributed by atoms with Gasteiger partial charge in [-0.1, -0.05) is 0 Å². The van der Waals surface area contributed by atoms with Crippen molar-refractivity contribution in [3.8, 4) is 0 Å². The van der Waals surface area contributed by atoms with Crippen molar-refractivity contribution in [2.75, 3.05) is 140 Å². The lowest BCUT2D eigenvalue weighted by Gasteiger charge is -2.41. The number of β-amino-alcohol motifs (C(OH)–C–C–N with tert-alkyl or cyclic N) is 1. The maximum absolute atomic E-state index is 8.82. The molecule has 1 N–H and O–H groups in total. The molecule has 6 saturated heterocycles. The highest BCUT2D eigenvalue weighted by atomic mass is 16.3. The molecule has 0 unspecified atom stereocenters. The molecule has 11 heteroatoms. The average molecular weight is 809 g/mol. The molecule has 0 aliphatic carbocycles. The van der Waals surface area contributed by atoms with Crippen molar-refractivity contribution >= 4 is 0 Å². The molecule has 6 rings (SSSR count). The lowest BCUT2D eigenvalue weighted by molar-refractivity contribution is 0.0514. The summed E-state index contributed by atoms with van der Waals surface area (Å²) in [6.07, 6.45) is 4.08. The van der Waals surface area contributed by atoms with E-state index in [0.717, 1.165) is 68.5 Å². The minimum absolute atomic E-state index is 0.286. The van der Waals surface area contributed by atoms with E-state index in [1.54, 1.807) is 0 Å². The van der Waals surface area contributed by atoms with Crippen molar-refractivity contribution in [2.45, 2.75) is 163 Å². The second kappa shape index (κ2) is 26.8. The van der Waals surface area contributed by atoms with Gasteiger partial charge in [0.1, 0.15) is 0 Å². The monoisotopic (exact) mass is 809 g/mol. The summed E-state index contributed by atoms with van der Waals surface area (Å²) >= 11 is 0. The fraction of sp³-hybridized carbons (Fsp3) is 1.00. The standard InChI is InChI=1S/C10H22N2O.C9H18N2.3C9H20N2/c1-9(2)12-5-4-11(6-7-13)8-10(12)3;1-7(2)11-6-8-4-9(11)5-10(8)3;1-8(2)11-6-5-9(7-11)10(3)4;1-8(2)11-6-5-10(4)7-9(11)3;1-9(2)11-6-4-5-10(3)7-8-11/h9-10,13H,4-8H2,1-3H3;7-9H,4-6H2,1-3H3;2*8-9H,5-7H2,1-4H3;9H,4-8H2,1-3H3/t10-;8-,9-;2*9-;/m1000./s1. The molecule has 0 aromatic carbocycles. The quantitative estimate of drug-likeness (QED) is 0.383. The minimum atomic E-state index is 0.286. The first-order valence-corrected chi connectivity index (χ1v) is 23.6. The van der Waals surface area contributed by atoms with E-state index in [2.05, 4.69) is 167 Å². The lowest BCUT2D eigenvalue weighted by atomic mass is 10.1. The van der Waals surface area contributed by atoms with Gasteiger partial charge in [0.05, 0.1) is 6.61 Å². The minimum Gasteiger partial charge on any atom is -0.395 e. The molecule has 0 amide bonds. The van der Waals surface area contributed by atoms with E-state index < -0.39 is 0 Å². The molecule has 340 valence electrons. The molecule has 57 heavy (non-hydrogen) atoms. The Kier molecular flexibility index (Phi) is 24.8. The summed E-state index contributed by atoms with van der Waals surface area (Å²) in [5, 5.41) is 8.82. The zero-order chi connectivity index (χ0) is 43.0. The van der Waals surface area contributed by atoms with E-state index in [9.17, 15) is 0 Å². The number of hydrogen-bond acceptors (Lipinski definition) is 11. The number of hydrogen-bond donors (Lipinski definition) is 1. The third kappa shape index (κ3) is 18.6. The van der Waals surface area contributed by atoms with E-state index in [4.69, 9.17) is 5.11 Å². The van der Waals surface area contributed by atoms with Crippen LogP contribution in [0.4, 0.5) is 0 Å². The van der Waals surface area contributed by atoms with Crippen molar-refractivity contribution < 1.29 is 5.11 Å². The van der Waals surface area contributed by atoms with E-state index in [1.807, 2.05) is 0 Å². The fourth-order valence-electron chi connectivity index (χ4n) is 9.85. The third-order valence-electron chi connectivity index (χ3n) is 13.7. The van der Waals surface area contributed by atoms with Crippen molar-refractivity contribution in [1.82, 2.24) is 49.0 Å². The number of fused-ring (bicyclic) bond motifs is 2. The van der Waals surface area contributed by atoms with E-state index in [-0.39, 0.29) is 6.61 Å². The van der Waals surface area contributed by atoms with E-state index >= 15 is 0 Å². The molecular formula is C46H100N10O. The molecule has 0 radical (unpaired) electrons. The molecule has 0 saturated carbocycles. The Bertz CT molecular complexity index is 1010. The number of aliphatic hydroxyl groups excluding tert-OH is 1. The van der Waals surface area contributed by atoms with Crippen molar-refractivity contribution in [2.24, 2.45) is 0 Å². The highest BCUT2D eigenvalue weighted by molar-refractivity contribution is 4.99. The SMILES string of the molecule is CC(C)N1CCCN(C)CC1.CC(C)N1CCN(C)C[C@@H]1C.CC(C)N1CCN(CCO)C[C@H]1C.CC(C)N1CC[C@H](N(C)C)C1.CC(C)N1C[C@@H]2C[C@H]1CN2C. The smallest absolute Gasteiger partial charge is 0.0558 e. The molecule has 6 heterocycles. The van der Waals surface area contributed by atoms with Gasteiger partial charge < -0.3 is 24.7 Å². The second-order valence-electron chi connectivity index (χ2n) is 20.2. The summed E-state index contributed by atoms with van der Waals surface area (Å²) in [6.45, 7) is 45.7. The Morgan fingerprint density at radius 2 is 1.09 bits per heavy atom. The summed E-state index contributed by atoms with van der Waals surface area (Å²) in [5.74, 6) is 0. The molecule has 0 aromatic rings. The van der Waals surface area contributed by atoms with Crippen LogP contribution < -0.4 is 0 Å². The maximum Gasteiger partial charge on any atom is 0.0558 e. The van der Waals surface area contributed by atoms with Gasteiger partial charge in [0.2, 0.25) is 0 Å². The highest BCUT2D eigenvalue weighted by Gasteiger charge is 2.42. The van der Waals surface area contributed by atoms with Gasteiger partial charge in [-0.05, 0) is 151 Å². The zero-order valence-corrected chi connectivity index (χ0v) is 41.1. The third-order valence-corrected chi connectivity index (χ3v) is 13.7. The van der Waals surface area contributed by atoms with Gasteiger partial charge in [-0.2, -0.15) is 0 Å². The first kappa shape index (κ1) is 52.7. The maximum atomic E-state index is 8.82. The zero-order valence-electron chi connectivity index (χ0n) is 41.1. The summed E-state index contributed by atoms with van der Waals surface area (Å²) < 4.78 is 0. The fourth-order valence-corrected chi connectivity index (χ4v) is 9.85. The number of likely N-dealkylation sites (tertiary alicyclic amines) is 3. The van der Waals surface area contributed by atoms with E-state index in [0.29, 0.717) is 18.1 Å². The van der Waals surface area contributed by atoms with Crippen LogP contribution in [-0.4, -0.2) is 255 Å². The average Bonchev–Trinajstić information content (AvgIpc) is 3.84. The first-order chi connectivity index (χ1) is 26.7. The van der Waals surface area contributed by atoms with Crippen molar-refractivity contribution in [1.29, 1.82) is 0 Å². The molecule has 2 bridgehead atoms. The number of rotatable bonds is 8. The Balaban J connectivity index is 0.000000246. The number of aliphatic hydroxyl groups is 1. The predicted molar refractivity (Wildman–Crippen MR) is 248 cm³/mol. The molecule has 0 aromatic heterocycles. The topological polar surface area (TPSA) is 52.6 Å². The highest BCUT2D eigenvalue weighted by Crippen LogP contribution is 2.30. The largest absolute Gasteiger partial charge is 0.395 e. The Morgan fingerprint density at radius 1 is 0.526 bits per heavy atom. The van der Waals surface area contributed by atoms with E-state index in [1.165, 1.54) is 91.3 Å². The normalized spacial score (nSPS) is 29.4. The van der Waals surface area contributed by atoms with Crippen LogP contribution in [0.25, 0.3) is 0 Å². The molecule has 6 aliphatic heterocycles. The molecule has 0 spiro atoms. The van der Waals surface area contributed by atoms with Gasteiger partial charge in [0.15, 0.2) is 0 Å². The first-order valence-electron chi connectivity index (χ1n) is 23.6.